The molecule has 1 nitrogen and oxygen atoms in total. The molecule has 0 atom stereocenters. The van der Waals surface area contributed by atoms with Crippen LogP contribution in [0.2, 0.25) is 0 Å². The Hall–Kier alpha value is -1.11. The monoisotopic (exact) mass is 159 g/mol. The lowest BCUT2D eigenvalue weighted by molar-refractivity contribution is 0.515. The van der Waals surface area contributed by atoms with Gasteiger partial charge in [-0.25, -0.2) is 0 Å². The Labute approximate surface area is 72.4 Å². The molecular formula is C11H11O. The third kappa shape index (κ3) is 1.27. The Kier molecular flexibility index (Phi) is 1.94. The smallest absolute Gasteiger partial charge is 0.198 e. The summed E-state index contributed by atoms with van der Waals surface area (Å²) in [7, 11) is 0. The molecule has 12 heavy (non-hydrogen) atoms. The van der Waals surface area contributed by atoms with Gasteiger partial charge in [-0.2, -0.15) is 0 Å². The average molecular weight is 159 g/mol. The first-order valence-electron chi connectivity index (χ1n) is 4.32. The molecule has 0 saturated carbocycles. The summed E-state index contributed by atoms with van der Waals surface area (Å²) in [6, 6.07) is 8.43. The molecule has 0 spiro atoms. The fraction of sp³-hybridized carbons (Fsp3) is 0.364. The van der Waals surface area contributed by atoms with Gasteiger partial charge in [0.05, 0.1) is 0 Å². The molecule has 1 heteroatoms. The fourth-order valence-corrected chi connectivity index (χ4v) is 1.91. The molecule has 1 aromatic carbocycles. The van der Waals surface area contributed by atoms with E-state index >= 15 is 0 Å². The van der Waals surface area contributed by atoms with E-state index in [0.29, 0.717) is 12.3 Å². The Balaban J connectivity index is 2.16. The number of benzene rings is 1. The van der Waals surface area contributed by atoms with Gasteiger partial charge in [0.15, 0.2) is 6.29 Å². The minimum absolute atomic E-state index is 0.514. The highest BCUT2D eigenvalue weighted by atomic mass is 16.1. The lowest BCUT2D eigenvalue weighted by Gasteiger charge is -1.99. The maximum Gasteiger partial charge on any atom is 0.198 e. The summed E-state index contributed by atoms with van der Waals surface area (Å²) in [5.41, 5.74) is 2.83. The van der Waals surface area contributed by atoms with Crippen molar-refractivity contribution in [2.75, 3.05) is 0 Å². The Morgan fingerprint density at radius 3 is 2.33 bits per heavy atom. The zero-order valence-electron chi connectivity index (χ0n) is 6.92. The standard InChI is InChI=1S/C11H11O/c12-6-5-9-7-10-3-1-2-4-11(10)8-9/h1-4,9H,5,7-8H2. The highest BCUT2D eigenvalue weighted by molar-refractivity contribution is 5.51. The van der Waals surface area contributed by atoms with Crippen LogP contribution in [0.1, 0.15) is 17.5 Å². The third-order valence-electron chi connectivity index (χ3n) is 2.51. The molecule has 1 aromatic rings. The van der Waals surface area contributed by atoms with Gasteiger partial charge < -0.3 is 0 Å². The molecule has 0 amide bonds. The largest absolute Gasteiger partial charge is 0.291 e. The van der Waals surface area contributed by atoms with Crippen molar-refractivity contribution in [3.05, 3.63) is 35.4 Å². The van der Waals surface area contributed by atoms with Crippen LogP contribution >= 0.6 is 0 Å². The second-order valence-electron chi connectivity index (χ2n) is 3.39. The summed E-state index contributed by atoms with van der Waals surface area (Å²) >= 11 is 0. The molecule has 0 aromatic heterocycles. The zero-order chi connectivity index (χ0) is 8.39. The van der Waals surface area contributed by atoms with Crippen molar-refractivity contribution >= 4 is 6.29 Å². The molecule has 0 saturated heterocycles. The van der Waals surface area contributed by atoms with Crippen molar-refractivity contribution in [3.8, 4) is 0 Å². The summed E-state index contributed by atoms with van der Waals surface area (Å²) in [6.07, 6.45) is 4.71. The quantitative estimate of drug-likeness (QED) is 0.644. The summed E-state index contributed by atoms with van der Waals surface area (Å²) in [4.78, 5) is 10.2. The number of hydrogen-bond donors (Lipinski definition) is 0. The van der Waals surface area contributed by atoms with Crippen LogP contribution in [0.5, 0.6) is 0 Å². The van der Waals surface area contributed by atoms with Gasteiger partial charge in [-0.1, -0.05) is 24.3 Å². The summed E-state index contributed by atoms with van der Waals surface area (Å²) in [6.45, 7) is 0. The van der Waals surface area contributed by atoms with E-state index in [2.05, 4.69) is 24.3 Å². The average Bonchev–Trinajstić information content (AvgIpc) is 2.47. The van der Waals surface area contributed by atoms with Gasteiger partial charge in [-0.05, 0) is 29.9 Å². The number of carbonyl (C=O) groups excluding carboxylic acids is 1. The number of fused-ring (bicyclic) bond motifs is 1. The first kappa shape index (κ1) is 7.53. The molecule has 0 heterocycles. The number of rotatable bonds is 2. The van der Waals surface area contributed by atoms with E-state index in [9.17, 15) is 4.79 Å². The van der Waals surface area contributed by atoms with E-state index in [-0.39, 0.29) is 0 Å². The molecule has 0 unspecified atom stereocenters. The van der Waals surface area contributed by atoms with E-state index in [1.54, 1.807) is 0 Å². The Bertz CT molecular complexity index is 266. The molecule has 1 aliphatic carbocycles. The van der Waals surface area contributed by atoms with Crippen molar-refractivity contribution in [2.45, 2.75) is 19.3 Å². The predicted octanol–water partition coefficient (Wildman–Crippen LogP) is 1.90. The Morgan fingerprint density at radius 1 is 1.25 bits per heavy atom. The van der Waals surface area contributed by atoms with E-state index in [4.69, 9.17) is 0 Å². The fourth-order valence-electron chi connectivity index (χ4n) is 1.91. The van der Waals surface area contributed by atoms with Crippen molar-refractivity contribution in [1.29, 1.82) is 0 Å². The maximum absolute atomic E-state index is 10.2. The van der Waals surface area contributed by atoms with Crippen LogP contribution in [0.15, 0.2) is 24.3 Å². The molecule has 1 aliphatic rings. The zero-order valence-corrected chi connectivity index (χ0v) is 6.92. The van der Waals surface area contributed by atoms with E-state index in [1.165, 1.54) is 11.1 Å². The molecule has 0 aliphatic heterocycles. The minimum atomic E-state index is 0.514. The first-order valence-corrected chi connectivity index (χ1v) is 4.32. The van der Waals surface area contributed by atoms with Crippen LogP contribution in [0, 0.1) is 5.92 Å². The molecule has 0 bridgehead atoms. The Morgan fingerprint density at radius 2 is 1.83 bits per heavy atom. The van der Waals surface area contributed by atoms with Crippen LogP contribution in [0.3, 0.4) is 0 Å². The van der Waals surface area contributed by atoms with Gasteiger partial charge in [-0.15, -0.1) is 0 Å². The van der Waals surface area contributed by atoms with Gasteiger partial charge >= 0.3 is 0 Å². The molecular weight excluding hydrogens is 148 g/mol. The molecule has 1 radical (unpaired) electrons. The summed E-state index contributed by atoms with van der Waals surface area (Å²) < 4.78 is 0. The highest BCUT2D eigenvalue weighted by Gasteiger charge is 2.19. The van der Waals surface area contributed by atoms with Crippen molar-refractivity contribution in [1.82, 2.24) is 0 Å². The lowest BCUT2D eigenvalue weighted by atomic mass is 10.0. The molecule has 2 rings (SSSR count). The maximum atomic E-state index is 10.2. The van der Waals surface area contributed by atoms with Crippen molar-refractivity contribution < 1.29 is 4.79 Å². The van der Waals surface area contributed by atoms with Crippen LogP contribution in [0.25, 0.3) is 0 Å². The first-order chi connectivity index (χ1) is 5.90. The van der Waals surface area contributed by atoms with E-state index < -0.39 is 0 Å². The van der Waals surface area contributed by atoms with E-state index in [1.807, 2.05) is 6.29 Å². The second kappa shape index (κ2) is 3.10. The van der Waals surface area contributed by atoms with E-state index in [0.717, 1.165) is 12.8 Å². The van der Waals surface area contributed by atoms with Crippen LogP contribution in [0.4, 0.5) is 0 Å². The van der Waals surface area contributed by atoms with Gasteiger partial charge in [0.2, 0.25) is 0 Å². The van der Waals surface area contributed by atoms with Gasteiger partial charge in [0, 0.05) is 6.42 Å². The van der Waals surface area contributed by atoms with Crippen molar-refractivity contribution in [2.24, 2.45) is 5.92 Å². The molecule has 0 N–H and O–H groups in total. The highest BCUT2D eigenvalue weighted by Crippen LogP contribution is 2.27. The normalized spacial score (nSPS) is 16.0. The predicted molar refractivity (Wildman–Crippen MR) is 47.7 cm³/mol. The number of hydrogen-bond acceptors (Lipinski definition) is 1. The third-order valence-corrected chi connectivity index (χ3v) is 2.51. The molecule has 61 valence electrons. The second-order valence-corrected chi connectivity index (χ2v) is 3.39. The molecule has 0 fully saturated rings. The van der Waals surface area contributed by atoms with Crippen molar-refractivity contribution in [3.63, 3.8) is 0 Å². The van der Waals surface area contributed by atoms with Crippen LogP contribution in [-0.2, 0) is 17.6 Å². The summed E-state index contributed by atoms with van der Waals surface area (Å²) in [5, 5.41) is 0. The van der Waals surface area contributed by atoms with Crippen LogP contribution in [-0.4, -0.2) is 6.29 Å². The van der Waals surface area contributed by atoms with Gasteiger partial charge in [-0.3, -0.25) is 4.79 Å². The van der Waals surface area contributed by atoms with Gasteiger partial charge in [0.1, 0.15) is 0 Å². The van der Waals surface area contributed by atoms with Crippen LogP contribution < -0.4 is 0 Å². The summed E-state index contributed by atoms with van der Waals surface area (Å²) in [5.74, 6) is 0.514. The van der Waals surface area contributed by atoms with Gasteiger partial charge in [0.25, 0.3) is 0 Å². The lowest BCUT2D eigenvalue weighted by Crippen LogP contribution is -1.99. The minimum Gasteiger partial charge on any atom is -0.291 e. The topological polar surface area (TPSA) is 17.1 Å². The SMILES string of the molecule is O=[C]CC1Cc2ccccc2C1.